The number of hydrogen-bond donors (Lipinski definition) is 1. The van der Waals surface area contributed by atoms with Crippen molar-refractivity contribution in [3.63, 3.8) is 0 Å². The topological polar surface area (TPSA) is 21.3 Å². The highest BCUT2D eigenvalue weighted by molar-refractivity contribution is 6.30. The van der Waals surface area contributed by atoms with E-state index in [2.05, 4.69) is 17.4 Å². The molecule has 3 heteroatoms. The van der Waals surface area contributed by atoms with Crippen molar-refractivity contribution in [2.45, 2.75) is 25.4 Å². The van der Waals surface area contributed by atoms with Gasteiger partial charge in [0.05, 0.1) is 7.11 Å². The van der Waals surface area contributed by atoms with Crippen LogP contribution in [0.15, 0.2) is 42.5 Å². The number of rotatable bonds is 5. The van der Waals surface area contributed by atoms with Gasteiger partial charge in [0.15, 0.2) is 0 Å². The van der Waals surface area contributed by atoms with Crippen LogP contribution >= 0.6 is 11.6 Å². The molecule has 2 aromatic rings. The van der Waals surface area contributed by atoms with Gasteiger partial charge in [0.1, 0.15) is 5.75 Å². The molecule has 1 fully saturated rings. The Morgan fingerprint density at radius 1 is 1.10 bits per heavy atom. The summed E-state index contributed by atoms with van der Waals surface area (Å²) in [6, 6.07) is 14.9. The maximum Gasteiger partial charge on any atom is 0.123 e. The number of nitrogens with one attached hydrogen (secondary N) is 1. The van der Waals surface area contributed by atoms with Crippen LogP contribution in [-0.2, 0) is 6.54 Å². The van der Waals surface area contributed by atoms with E-state index in [4.69, 9.17) is 16.3 Å². The molecule has 1 saturated carbocycles. The molecule has 0 heterocycles. The molecule has 2 aromatic carbocycles. The number of ether oxygens (including phenoxy) is 1. The molecule has 1 aliphatic rings. The first-order valence-electron chi connectivity index (χ1n) is 6.92. The summed E-state index contributed by atoms with van der Waals surface area (Å²) in [5, 5.41) is 4.30. The van der Waals surface area contributed by atoms with Gasteiger partial charge in [-0.1, -0.05) is 29.8 Å². The molecule has 0 atom stereocenters. The summed E-state index contributed by atoms with van der Waals surface area (Å²) in [6.07, 6.45) is 2.58. The Labute approximate surface area is 124 Å². The molecule has 104 valence electrons. The van der Waals surface area contributed by atoms with Crippen molar-refractivity contribution in [3.8, 4) is 16.9 Å². The van der Waals surface area contributed by atoms with Gasteiger partial charge in [-0.15, -0.1) is 0 Å². The largest absolute Gasteiger partial charge is 0.496 e. The van der Waals surface area contributed by atoms with Gasteiger partial charge in [0.2, 0.25) is 0 Å². The van der Waals surface area contributed by atoms with E-state index < -0.39 is 0 Å². The first kappa shape index (κ1) is 13.5. The summed E-state index contributed by atoms with van der Waals surface area (Å²) in [4.78, 5) is 0. The third-order valence-corrected chi connectivity index (χ3v) is 3.87. The van der Waals surface area contributed by atoms with Crippen molar-refractivity contribution in [3.05, 3.63) is 53.1 Å². The zero-order valence-corrected chi connectivity index (χ0v) is 12.3. The minimum absolute atomic E-state index is 0.693. The monoisotopic (exact) mass is 287 g/mol. The standard InChI is InChI=1S/C17H18ClNO/c1-20-17-9-4-13(12-2-5-15(18)6-3-12)10-14(17)11-19-16-7-8-16/h2-6,9-10,16,19H,7-8,11H2,1H3. The van der Waals surface area contributed by atoms with Crippen LogP contribution in [0, 0.1) is 0 Å². The normalized spacial score (nSPS) is 14.3. The number of methoxy groups -OCH3 is 1. The quantitative estimate of drug-likeness (QED) is 0.887. The van der Waals surface area contributed by atoms with Crippen molar-refractivity contribution >= 4 is 11.6 Å². The molecule has 0 amide bonds. The van der Waals surface area contributed by atoms with Crippen LogP contribution < -0.4 is 10.1 Å². The van der Waals surface area contributed by atoms with Crippen molar-refractivity contribution in [2.24, 2.45) is 0 Å². The molecule has 0 aliphatic heterocycles. The predicted octanol–water partition coefficient (Wildman–Crippen LogP) is 4.27. The molecule has 0 unspecified atom stereocenters. The molecule has 0 saturated heterocycles. The van der Waals surface area contributed by atoms with E-state index in [1.54, 1.807) is 7.11 Å². The molecule has 20 heavy (non-hydrogen) atoms. The van der Waals surface area contributed by atoms with E-state index >= 15 is 0 Å². The lowest BCUT2D eigenvalue weighted by Gasteiger charge is -2.12. The molecule has 0 radical (unpaired) electrons. The van der Waals surface area contributed by atoms with Crippen LogP contribution in [0.25, 0.3) is 11.1 Å². The average molecular weight is 288 g/mol. The van der Waals surface area contributed by atoms with E-state index in [1.165, 1.54) is 29.5 Å². The number of hydrogen-bond acceptors (Lipinski definition) is 2. The summed E-state index contributed by atoms with van der Waals surface area (Å²) in [7, 11) is 1.72. The number of halogens is 1. The second-order valence-corrected chi connectivity index (χ2v) is 5.63. The Hall–Kier alpha value is -1.51. The van der Waals surface area contributed by atoms with Crippen molar-refractivity contribution in [1.29, 1.82) is 0 Å². The van der Waals surface area contributed by atoms with Crippen molar-refractivity contribution in [2.75, 3.05) is 7.11 Å². The van der Waals surface area contributed by atoms with Crippen LogP contribution in [0.4, 0.5) is 0 Å². The summed E-state index contributed by atoms with van der Waals surface area (Å²) in [5.41, 5.74) is 3.56. The first-order chi connectivity index (χ1) is 9.76. The van der Waals surface area contributed by atoms with Crippen molar-refractivity contribution in [1.82, 2.24) is 5.32 Å². The van der Waals surface area contributed by atoms with Gasteiger partial charge in [0, 0.05) is 23.2 Å². The van der Waals surface area contributed by atoms with Gasteiger partial charge in [-0.05, 0) is 48.2 Å². The van der Waals surface area contributed by atoms with Gasteiger partial charge in [-0.3, -0.25) is 0 Å². The maximum absolute atomic E-state index is 5.94. The van der Waals surface area contributed by atoms with E-state index in [-0.39, 0.29) is 0 Å². The Kier molecular flexibility index (Phi) is 3.95. The van der Waals surface area contributed by atoms with E-state index in [1.807, 2.05) is 30.3 Å². The Bertz CT molecular complexity index is 590. The SMILES string of the molecule is COc1ccc(-c2ccc(Cl)cc2)cc1CNC1CC1. The molecule has 0 spiro atoms. The van der Waals surface area contributed by atoms with Gasteiger partial charge in [-0.25, -0.2) is 0 Å². The highest BCUT2D eigenvalue weighted by atomic mass is 35.5. The van der Waals surface area contributed by atoms with Gasteiger partial charge in [-0.2, -0.15) is 0 Å². The molecule has 1 N–H and O–H groups in total. The third kappa shape index (κ3) is 3.14. The van der Waals surface area contributed by atoms with E-state index in [9.17, 15) is 0 Å². The van der Waals surface area contributed by atoms with Crippen LogP contribution in [0.2, 0.25) is 5.02 Å². The average Bonchev–Trinajstić information content (AvgIpc) is 3.30. The fourth-order valence-corrected chi connectivity index (χ4v) is 2.41. The van der Waals surface area contributed by atoms with Crippen LogP contribution in [0.3, 0.4) is 0 Å². The lowest BCUT2D eigenvalue weighted by molar-refractivity contribution is 0.407. The van der Waals surface area contributed by atoms with Gasteiger partial charge < -0.3 is 10.1 Å². The molecule has 0 bridgehead atoms. The molecule has 1 aliphatic carbocycles. The highest BCUT2D eigenvalue weighted by Gasteiger charge is 2.20. The van der Waals surface area contributed by atoms with Crippen LogP contribution in [-0.4, -0.2) is 13.2 Å². The third-order valence-electron chi connectivity index (χ3n) is 3.62. The summed E-state index contributed by atoms with van der Waals surface area (Å²) < 4.78 is 5.45. The fourth-order valence-electron chi connectivity index (χ4n) is 2.28. The second kappa shape index (κ2) is 5.86. The van der Waals surface area contributed by atoms with Crippen LogP contribution in [0.5, 0.6) is 5.75 Å². The zero-order chi connectivity index (χ0) is 13.9. The summed E-state index contributed by atoms with van der Waals surface area (Å²) in [6.45, 7) is 0.856. The lowest BCUT2D eigenvalue weighted by Crippen LogP contribution is -2.15. The smallest absolute Gasteiger partial charge is 0.123 e. The zero-order valence-electron chi connectivity index (χ0n) is 11.5. The van der Waals surface area contributed by atoms with Crippen molar-refractivity contribution < 1.29 is 4.74 Å². The predicted molar refractivity (Wildman–Crippen MR) is 83.3 cm³/mol. The fraction of sp³-hybridized carbons (Fsp3) is 0.294. The molecule has 0 aromatic heterocycles. The Morgan fingerprint density at radius 2 is 1.80 bits per heavy atom. The lowest BCUT2D eigenvalue weighted by atomic mass is 10.0. The van der Waals surface area contributed by atoms with E-state index in [0.717, 1.165) is 17.3 Å². The highest BCUT2D eigenvalue weighted by Crippen LogP contribution is 2.28. The van der Waals surface area contributed by atoms with E-state index in [0.29, 0.717) is 6.04 Å². The molecule has 2 nitrogen and oxygen atoms in total. The summed E-state index contributed by atoms with van der Waals surface area (Å²) >= 11 is 5.94. The minimum Gasteiger partial charge on any atom is -0.496 e. The van der Waals surface area contributed by atoms with Gasteiger partial charge in [0.25, 0.3) is 0 Å². The Balaban J connectivity index is 1.87. The van der Waals surface area contributed by atoms with Crippen LogP contribution in [0.1, 0.15) is 18.4 Å². The maximum atomic E-state index is 5.94. The molecule has 3 rings (SSSR count). The minimum atomic E-state index is 0.693. The summed E-state index contributed by atoms with van der Waals surface area (Å²) in [5.74, 6) is 0.941. The number of benzene rings is 2. The second-order valence-electron chi connectivity index (χ2n) is 5.19. The van der Waals surface area contributed by atoms with Gasteiger partial charge >= 0.3 is 0 Å². The molecular formula is C17H18ClNO. The Morgan fingerprint density at radius 3 is 2.45 bits per heavy atom. The first-order valence-corrected chi connectivity index (χ1v) is 7.30. The molecular weight excluding hydrogens is 270 g/mol.